The molecule has 0 radical (unpaired) electrons. The summed E-state index contributed by atoms with van der Waals surface area (Å²) in [5.41, 5.74) is 5.83. The molecule has 268 valence electrons. The summed E-state index contributed by atoms with van der Waals surface area (Å²) in [6.07, 6.45) is 21.5. The van der Waals surface area contributed by atoms with Crippen LogP contribution in [0, 0.1) is 0 Å². The van der Waals surface area contributed by atoms with Crippen molar-refractivity contribution in [1.82, 2.24) is 0 Å². The molecular formula is C43H48O8. The first-order valence-corrected chi connectivity index (χ1v) is 16.5. The van der Waals surface area contributed by atoms with Gasteiger partial charge in [0.25, 0.3) is 0 Å². The third kappa shape index (κ3) is 12.7. The lowest BCUT2D eigenvalue weighted by Gasteiger charge is -2.18. The van der Waals surface area contributed by atoms with E-state index >= 15 is 0 Å². The molecule has 0 aliphatic rings. The summed E-state index contributed by atoms with van der Waals surface area (Å²) in [5.74, 6) is 0.137. The number of allylic oxidation sites excluding steroid dienone is 8. The van der Waals surface area contributed by atoms with E-state index < -0.39 is 0 Å². The van der Waals surface area contributed by atoms with E-state index in [9.17, 15) is 15.3 Å². The molecular weight excluding hydrogens is 644 g/mol. The molecule has 0 aliphatic heterocycles. The Bertz CT molecular complexity index is 1760. The van der Waals surface area contributed by atoms with E-state index in [1.54, 1.807) is 67.4 Å². The normalized spacial score (nSPS) is 11.6. The molecule has 0 aromatic heterocycles. The van der Waals surface area contributed by atoms with Gasteiger partial charge in [-0.3, -0.25) is 0 Å². The monoisotopic (exact) mass is 692 g/mol. The van der Waals surface area contributed by atoms with Crippen molar-refractivity contribution in [3.05, 3.63) is 186 Å². The maximum absolute atomic E-state index is 11.8. The number of benzene rings is 3. The average molecular weight is 693 g/mol. The Hall–Kier alpha value is -6.02. The Morgan fingerprint density at radius 3 is 1.02 bits per heavy atom. The third-order valence-corrected chi connectivity index (χ3v) is 7.37. The standard InChI is InChI=1S/C43H48O8/c1-6-11-16-49-29-34-22-38(43(46)40(24-34)31-51-18-13-8-3)26-36-20-32(27-47-14-9-4)19-35(41(36)44)25-37-21-33(28-48-15-10-5)23-39(42(37)45)30-50-17-12-7-2/h6-24,44-46H,1-3,25-31H2,4-5H3. The largest absolute Gasteiger partial charge is 0.507 e. The van der Waals surface area contributed by atoms with E-state index in [2.05, 4.69) is 19.7 Å². The molecule has 51 heavy (non-hydrogen) atoms. The van der Waals surface area contributed by atoms with Crippen LogP contribution in [0.15, 0.2) is 136 Å². The molecule has 0 atom stereocenters. The van der Waals surface area contributed by atoms with Crippen LogP contribution in [-0.4, -0.2) is 15.3 Å². The molecule has 0 amide bonds. The molecule has 0 spiro atoms. The van der Waals surface area contributed by atoms with E-state index in [0.29, 0.717) is 33.4 Å². The topological polar surface area (TPSA) is 107 Å². The highest BCUT2D eigenvalue weighted by Crippen LogP contribution is 2.36. The molecule has 0 aliphatic carbocycles. The fraction of sp³-hybridized carbons (Fsp3) is 0.209. The molecule has 0 saturated carbocycles. The smallest absolute Gasteiger partial charge is 0.125 e. The van der Waals surface area contributed by atoms with Crippen molar-refractivity contribution in [1.29, 1.82) is 0 Å². The highest BCUT2D eigenvalue weighted by atomic mass is 16.5. The maximum atomic E-state index is 11.8. The molecule has 0 fully saturated rings. The number of hydrogen-bond donors (Lipinski definition) is 3. The minimum absolute atomic E-state index is 0.0353. The molecule has 0 bridgehead atoms. The Balaban J connectivity index is 2.10. The van der Waals surface area contributed by atoms with Crippen LogP contribution in [0.5, 0.6) is 17.2 Å². The van der Waals surface area contributed by atoms with Crippen molar-refractivity contribution in [3.8, 4) is 17.2 Å². The number of ether oxygens (including phenoxy) is 5. The number of phenolic OH excluding ortho intramolecular Hbond substituents is 3. The molecule has 0 saturated heterocycles. The maximum Gasteiger partial charge on any atom is 0.125 e. The third-order valence-electron chi connectivity index (χ3n) is 7.37. The second kappa shape index (κ2) is 21.8. The highest BCUT2D eigenvalue weighted by molar-refractivity contribution is 5.53. The zero-order valence-corrected chi connectivity index (χ0v) is 29.4. The minimum atomic E-state index is 0.0353. The summed E-state index contributed by atoms with van der Waals surface area (Å²) in [7, 11) is 0. The lowest BCUT2D eigenvalue weighted by Crippen LogP contribution is -2.03. The molecule has 3 rings (SSSR count). The highest BCUT2D eigenvalue weighted by Gasteiger charge is 2.19. The van der Waals surface area contributed by atoms with Gasteiger partial charge >= 0.3 is 0 Å². The zero-order valence-electron chi connectivity index (χ0n) is 29.4. The summed E-state index contributed by atoms with van der Waals surface area (Å²) in [6.45, 7) is 15.7. The predicted octanol–water partition coefficient (Wildman–Crippen LogP) is 9.73. The molecule has 3 N–H and O–H groups in total. The Labute approximate surface area is 301 Å². The molecule has 8 nitrogen and oxygen atoms in total. The van der Waals surface area contributed by atoms with Crippen LogP contribution in [0.3, 0.4) is 0 Å². The summed E-state index contributed by atoms with van der Waals surface area (Å²) in [5, 5.41) is 34.5. The van der Waals surface area contributed by atoms with Crippen LogP contribution in [0.2, 0.25) is 0 Å². The number of aromatic hydroxyl groups is 3. The van der Waals surface area contributed by atoms with Gasteiger partial charge in [0.1, 0.15) is 50.3 Å². The van der Waals surface area contributed by atoms with Crippen LogP contribution in [0.25, 0.3) is 0 Å². The fourth-order valence-electron chi connectivity index (χ4n) is 5.15. The number of hydrogen-bond acceptors (Lipinski definition) is 8. The van der Waals surface area contributed by atoms with Crippen LogP contribution in [0.4, 0.5) is 0 Å². The van der Waals surface area contributed by atoms with E-state index in [0.717, 1.165) is 16.7 Å². The van der Waals surface area contributed by atoms with Crippen molar-refractivity contribution in [2.45, 2.75) is 59.7 Å². The molecule has 3 aromatic carbocycles. The first kappa shape index (κ1) is 39.4. The summed E-state index contributed by atoms with van der Waals surface area (Å²) < 4.78 is 28.2. The van der Waals surface area contributed by atoms with Crippen molar-refractivity contribution in [3.63, 3.8) is 0 Å². The van der Waals surface area contributed by atoms with Crippen LogP contribution in [-0.2, 0) is 69.6 Å². The first-order valence-electron chi connectivity index (χ1n) is 16.5. The predicted molar refractivity (Wildman–Crippen MR) is 202 cm³/mol. The quantitative estimate of drug-likeness (QED) is 0.0706. The van der Waals surface area contributed by atoms with Gasteiger partial charge in [-0.05, 0) is 107 Å². The summed E-state index contributed by atoms with van der Waals surface area (Å²) in [4.78, 5) is 0. The van der Waals surface area contributed by atoms with Gasteiger partial charge in [0.05, 0.1) is 31.3 Å². The minimum Gasteiger partial charge on any atom is -0.507 e. The Kier molecular flexibility index (Phi) is 16.9. The van der Waals surface area contributed by atoms with Crippen LogP contribution in [0.1, 0.15) is 63.9 Å². The van der Waals surface area contributed by atoms with Gasteiger partial charge in [-0.1, -0.05) is 50.1 Å². The molecule has 0 heterocycles. The SMILES string of the molecule is C=CC=COCc1cc(COC=CC=C)c(O)c(Cc2cc(COC=CC)cc(Cc3cc(COC=CC)cc(COC=CC=C)c3O)c2O)c1. The average Bonchev–Trinajstić information content (AvgIpc) is 3.12. The summed E-state index contributed by atoms with van der Waals surface area (Å²) >= 11 is 0. The van der Waals surface area contributed by atoms with Gasteiger partial charge in [-0.15, -0.1) is 0 Å². The van der Waals surface area contributed by atoms with Crippen LogP contribution >= 0.6 is 0 Å². The number of phenols is 3. The second-order valence-corrected chi connectivity index (χ2v) is 11.3. The van der Waals surface area contributed by atoms with Gasteiger partial charge < -0.3 is 39.0 Å². The van der Waals surface area contributed by atoms with E-state index in [4.69, 9.17) is 23.7 Å². The van der Waals surface area contributed by atoms with Crippen molar-refractivity contribution >= 4 is 0 Å². The lowest BCUT2D eigenvalue weighted by atomic mass is 9.92. The Morgan fingerprint density at radius 2 is 0.706 bits per heavy atom. The van der Waals surface area contributed by atoms with E-state index in [1.165, 1.54) is 12.5 Å². The van der Waals surface area contributed by atoms with Crippen molar-refractivity contribution in [2.24, 2.45) is 0 Å². The van der Waals surface area contributed by atoms with E-state index in [1.807, 2.05) is 50.2 Å². The van der Waals surface area contributed by atoms with Gasteiger partial charge in [0.2, 0.25) is 0 Å². The van der Waals surface area contributed by atoms with Crippen molar-refractivity contribution < 1.29 is 39.0 Å². The lowest BCUT2D eigenvalue weighted by molar-refractivity contribution is 0.227. The van der Waals surface area contributed by atoms with Gasteiger partial charge in [-0.25, -0.2) is 0 Å². The summed E-state index contributed by atoms with van der Waals surface area (Å²) in [6, 6.07) is 11.1. The molecule has 3 aromatic rings. The Morgan fingerprint density at radius 1 is 0.431 bits per heavy atom. The second-order valence-electron chi connectivity index (χ2n) is 11.3. The van der Waals surface area contributed by atoms with Gasteiger partial charge in [0, 0.05) is 24.0 Å². The fourth-order valence-corrected chi connectivity index (χ4v) is 5.15. The first-order chi connectivity index (χ1) is 24.8. The molecule has 8 heteroatoms. The van der Waals surface area contributed by atoms with Crippen LogP contribution < -0.4 is 0 Å². The zero-order chi connectivity index (χ0) is 36.8. The molecule has 0 unspecified atom stereocenters. The van der Waals surface area contributed by atoms with Gasteiger partial charge in [-0.2, -0.15) is 0 Å². The van der Waals surface area contributed by atoms with E-state index in [-0.39, 0.29) is 63.1 Å². The van der Waals surface area contributed by atoms with Gasteiger partial charge in [0.15, 0.2) is 0 Å². The van der Waals surface area contributed by atoms with Crippen molar-refractivity contribution in [2.75, 3.05) is 0 Å². The number of rotatable bonds is 22.